The Kier molecular flexibility index (Phi) is 3.35. The van der Waals surface area contributed by atoms with Crippen LogP contribution in [-0.4, -0.2) is 40.7 Å². The minimum absolute atomic E-state index is 0.0541. The zero-order valence-corrected chi connectivity index (χ0v) is 8.97. The molecule has 1 saturated heterocycles. The number of nitrogens with zero attached hydrogens (tertiary/aromatic N) is 1. The summed E-state index contributed by atoms with van der Waals surface area (Å²) in [6.45, 7) is 1.29. The maximum Gasteiger partial charge on any atom is 0.246 e. The number of nitrogens with two attached hydrogens (primary N) is 1. The van der Waals surface area contributed by atoms with E-state index in [-0.39, 0.29) is 18.1 Å². The molecule has 1 aliphatic rings. The Labute approximate surface area is 91.8 Å². The number of nitrogens with one attached hydrogen (secondary N) is 1. The van der Waals surface area contributed by atoms with Crippen molar-refractivity contribution < 1.29 is 14.4 Å². The van der Waals surface area contributed by atoms with E-state index in [4.69, 9.17) is 5.73 Å². The van der Waals surface area contributed by atoms with Gasteiger partial charge in [0.15, 0.2) is 0 Å². The van der Waals surface area contributed by atoms with Gasteiger partial charge in [0.25, 0.3) is 0 Å². The Morgan fingerprint density at radius 2 is 1.93 bits per heavy atom. The molecule has 0 aromatic rings. The van der Waals surface area contributed by atoms with Crippen molar-refractivity contribution in [1.29, 1.82) is 0 Å². The molecule has 3 N–H and O–H groups in total. The number of imide groups is 1. The summed E-state index contributed by atoms with van der Waals surface area (Å²) >= 11 is 4.67. The highest BCUT2D eigenvalue weighted by molar-refractivity contribution is 7.80. The molecular weight excluding hydrogens is 218 g/mol. The van der Waals surface area contributed by atoms with Gasteiger partial charge < -0.3 is 10.6 Å². The standard InChI is InChI=1S/C8H11N3O3S/c1-4(7(9)15)8(14)11-2-5(12)10-6(13)3-11/h4H,2-3H2,1H3,(H2,9,15)(H,10,12,13). The zero-order valence-electron chi connectivity index (χ0n) is 8.15. The lowest BCUT2D eigenvalue weighted by Crippen LogP contribution is -2.55. The van der Waals surface area contributed by atoms with Gasteiger partial charge in [-0.15, -0.1) is 0 Å². The third-order valence-corrected chi connectivity index (χ3v) is 2.41. The van der Waals surface area contributed by atoms with Crippen molar-refractivity contribution in [2.45, 2.75) is 6.92 Å². The first-order chi connectivity index (χ1) is 6.91. The molecule has 0 aromatic carbocycles. The molecule has 1 unspecified atom stereocenters. The van der Waals surface area contributed by atoms with Crippen LogP contribution in [0.3, 0.4) is 0 Å². The Bertz CT molecular complexity index is 326. The van der Waals surface area contributed by atoms with Gasteiger partial charge in [0.05, 0.1) is 10.9 Å². The van der Waals surface area contributed by atoms with Crippen molar-refractivity contribution in [1.82, 2.24) is 10.2 Å². The third kappa shape index (κ3) is 2.72. The monoisotopic (exact) mass is 229 g/mol. The summed E-state index contributed by atoms with van der Waals surface area (Å²) in [5, 5.41) is 2.10. The molecule has 1 aliphatic heterocycles. The van der Waals surface area contributed by atoms with E-state index in [2.05, 4.69) is 17.5 Å². The van der Waals surface area contributed by atoms with E-state index in [1.165, 1.54) is 0 Å². The first kappa shape index (κ1) is 11.6. The van der Waals surface area contributed by atoms with Gasteiger partial charge in [-0.1, -0.05) is 12.2 Å². The van der Waals surface area contributed by atoms with Gasteiger partial charge in [-0.25, -0.2) is 0 Å². The van der Waals surface area contributed by atoms with Crippen LogP contribution in [-0.2, 0) is 14.4 Å². The maximum absolute atomic E-state index is 11.7. The van der Waals surface area contributed by atoms with Crippen LogP contribution in [0.5, 0.6) is 0 Å². The summed E-state index contributed by atoms with van der Waals surface area (Å²) in [7, 11) is 0. The summed E-state index contributed by atoms with van der Waals surface area (Å²) in [6.07, 6.45) is 0. The average molecular weight is 229 g/mol. The van der Waals surface area contributed by atoms with E-state index < -0.39 is 23.6 Å². The molecule has 15 heavy (non-hydrogen) atoms. The molecule has 7 heteroatoms. The van der Waals surface area contributed by atoms with E-state index in [1.54, 1.807) is 6.92 Å². The molecule has 1 atom stereocenters. The van der Waals surface area contributed by atoms with E-state index in [1.807, 2.05) is 0 Å². The quantitative estimate of drug-likeness (QED) is 0.439. The van der Waals surface area contributed by atoms with Crippen LogP contribution in [0.1, 0.15) is 6.92 Å². The Balaban J connectivity index is 2.71. The number of thiocarbonyl (C=S) groups is 1. The second kappa shape index (κ2) is 4.35. The maximum atomic E-state index is 11.7. The van der Waals surface area contributed by atoms with Crippen LogP contribution >= 0.6 is 12.2 Å². The van der Waals surface area contributed by atoms with E-state index in [9.17, 15) is 14.4 Å². The highest BCUT2D eigenvalue weighted by Gasteiger charge is 2.29. The third-order valence-electron chi connectivity index (χ3n) is 2.06. The Morgan fingerprint density at radius 1 is 1.47 bits per heavy atom. The van der Waals surface area contributed by atoms with Crippen LogP contribution < -0.4 is 11.1 Å². The fraction of sp³-hybridized carbons (Fsp3) is 0.500. The van der Waals surface area contributed by atoms with Gasteiger partial charge in [-0.2, -0.15) is 0 Å². The molecule has 0 aromatic heterocycles. The van der Waals surface area contributed by atoms with Crippen LogP contribution in [0.25, 0.3) is 0 Å². The summed E-state index contributed by atoms with van der Waals surface area (Å²) in [6, 6.07) is 0. The minimum atomic E-state index is -0.654. The van der Waals surface area contributed by atoms with Gasteiger partial charge in [0.2, 0.25) is 17.7 Å². The number of hydrogen-bond acceptors (Lipinski definition) is 4. The van der Waals surface area contributed by atoms with Gasteiger partial charge in [0.1, 0.15) is 13.1 Å². The van der Waals surface area contributed by atoms with E-state index in [0.717, 1.165) is 4.90 Å². The number of piperazine rings is 1. The SMILES string of the molecule is CC(C(=O)N1CC(=O)NC(=O)C1)C(N)=S. The normalized spacial score (nSPS) is 18.3. The second-order valence-electron chi connectivity index (χ2n) is 3.29. The van der Waals surface area contributed by atoms with Crippen LogP contribution in [0.2, 0.25) is 0 Å². The molecule has 1 fully saturated rings. The van der Waals surface area contributed by atoms with Crippen LogP contribution in [0.4, 0.5) is 0 Å². The number of carbonyl (C=O) groups is 3. The molecule has 0 bridgehead atoms. The van der Waals surface area contributed by atoms with Gasteiger partial charge >= 0.3 is 0 Å². The summed E-state index contributed by atoms with van der Waals surface area (Å²) in [4.78, 5) is 34.8. The Morgan fingerprint density at radius 3 is 2.33 bits per heavy atom. The van der Waals surface area contributed by atoms with Crippen molar-refractivity contribution in [2.24, 2.45) is 11.7 Å². The molecule has 3 amide bonds. The number of amides is 3. The first-order valence-electron chi connectivity index (χ1n) is 4.32. The van der Waals surface area contributed by atoms with Gasteiger partial charge in [-0.05, 0) is 6.92 Å². The lowest BCUT2D eigenvalue weighted by molar-refractivity contribution is -0.146. The second-order valence-corrected chi connectivity index (χ2v) is 3.76. The van der Waals surface area contributed by atoms with Crippen molar-refractivity contribution in [3.8, 4) is 0 Å². The molecule has 0 saturated carbocycles. The number of rotatable bonds is 2. The molecule has 6 nitrogen and oxygen atoms in total. The van der Waals surface area contributed by atoms with E-state index >= 15 is 0 Å². The molecule has 0 radical (unpaired) electrons. The minimum Gasteiger partial charge on any atom is -0.393 e. The fourth-order valence-electron chi connectivity index (χ4n) is 1.19. The summed E-state index contributed by atoms with van der Waals surface area (Å²) in [5.74, 6) is -2.03. The first-order valence-corrected chi connectivity index (χ1v) is 4.73. The van der Waals surface area contributed by atoms with Crippen molar-refractivity contribution >= 4 is 34.9 Å². The van der Waals surface area contributed by atoms with Gasteiger partial charge in [-0.3, -0.25) is 19.7 Å². The average Bonchev–Trinajstić information content (AvgIpc) is 2.13. The van der Waals surface area contributed by atoms with E-state index in [0.29, 0.717) is 0 Å². The lowest BCUT2D eigenvalue weighted by Gasteiger charge is -2.27. The molecular formula is C8H11N3O3S. The molecule has 0 aliphatic carbocycles. The van der Waals surface area contributed by atoms with Gasteiger partial charge in [0, 0.05) is 0 Å². The Hall–Kier alpha value is -1.50. The van der Waals surface area contributed by atoms with Crippen molar-refractivity contribution in [2.75, 3.05) is 13.1 Å². The molecule has 1 rings (SSSR count). The predicted molar refractivity (Wildman–Crippen MR) is 55.7 cm³/mol. The lowest BCUT2D eigenvalue weighted by atomic mass is 10.1. The highest BCUT2D eigenvalue weighted by atomic mass is 32.1. The highest BCUT2D eigenvalue weighted by Crippen LogP contribution is 2.05. The summed E-state index contributed by atoms with van der Waals surface area (Å²) < 4.78 is 0. The zero-order chi connectivity index (χ0) is 11.6. The number of carbonyl (C=O) groups excluding carboxylic acids is 3. The smallest absolute Gasteiger partial charge is 0.246 e. The predicted octanol–water partition coefficient (Wildman–Crippen LogP) is -1.61. The fourth-order valence-corrected chi connectivity index (χ4v) is 1.29. The molecule has 1 heterocycles. The molecule has 0 spiro atoms. The van der Waals surface area contributed by atoms with Crippen LogP contribution in [0, 0.1) is 5.92 Å². The largest absolute Gasteiger partial charge is 0.393 e. The number of hydrogen-bond donors (Lipinski definition) is 2. The van der Waals surface area contributed by atoms with Crippen LogP contribution in [0.15, 0.2) is 0 Å². The summed E-state index contributed by atoms with van der Waals surface area (Å²) in [5.41, 5.74) is 5.31. The van der Waals surface area contributed by atoms with Crippen molar-refractivity contribution in [3.63, 3.8) is 0 Å². The molecule has 82 valence electrons. The van der Waals surface area contributed by atoms with Crippen molar-refractivity contribution in [3.05, 3.63) is 0 Å². The topological polar surface area (TPSA) is 92.5 Å².